The highest BCUT2D eigenvalue weighted by molar-refractivity contribution is 6.33. The maximum Gasteiger partial charge on any atom is 0.347 e. The fourth-order valence-corrected chi connectivity index (χ4v) is 2.50. The molecule has 0 atom stereocenters. The minimum absolute atomic E-state index is 0.126. The molecule has 0 fully saturated rings. The molecule has 128 valence electrons. The zero-order chi connectivity index (χ0) is 18.1. The molecule has 0 amide bonds. The van der Waals surface area contributed by atoms with Gasteiger partial charge in [-0.15, -0.1) is 0 Å². The SMILES string of the molecule is COc1cc2nc(-c3cc([N+](=O)[O-])ccc3Cl)oc(=O)c2cc1OC. The molecular formula is C16H11ClN2O6. The van der Waals surface area contributed by atoms with Crippen LogP contribution in [-0.2, 0) is 0 Å². The quantitative estimate of drug-likeness (QED) is 0.517. The Labute approximate surface area is 145 Å². The summed E-state index contributed by atoms with van der Waals surface area (Å²) in [4.78, 5) is 26.9. The van der Waals surface area contributed by atoms with Crippen LogP contribution in [0.25, 0.3) is 22.4 Å². The lowest BCUT2D eigenvalue weighted by atomic mass is 10.2. The number of methoxy groups -OCH3 is 2. The Hall–Kier alpha value is -3.13. The third kappa shape index (κ3) is 2.99. The Bertz CT molecular complexity index is 1050. The molecule has 0 aliphatic carbocycles. The molecular weight excluding hydrogens is 352 g/mol. The molecule has 2 aromatic carbocycles. The zero-order valence-corrected chi connectivity index (χ0v) is 13.9. The van der Waals surface area contributed by atoms with Crippen molar-refractivity contribution < 1.29 is 18.8 Å². The monoisotopic (exact) mass is 362 g/mol. The molecule has 9 heteroatoms. The molecule has 0 saturated carbocycles. The lowest BCUT2D eigenvalue weighted by molar-refractivity contribution is -0.384. The van der Waals surface area contributed by atoms with Crippen LogP contribution in [0.15, 0.2) is 39.5 Å². The summed E-state index contributed by atoms with van der Waals surface area (Å²) in [5.74, 6) is 0.604. The van der Waals surface area contributed by atoms with Crippen LogP contribution in [0.3, 0.4) is 0 Å². The van der Waals surface area contributed by atoms with E-state index in [1.807, 2.05) is 0 Å². The minimum atomic E-state index is -0.677. The van der Waals surface area contributed by atoms with Crippen molar-refractivity contribution in [1.29, 1.82) is 0 Å². The third-order valence-corrected chi connectivity index (χ3v) is 3.85. The fourth-order valence-electron chi connectivity index (χ4n) is 2.31. The van der Waals surface area contributed by atoms with Crippen LogP contribution in [0.5, 0.6) is 11.5 Å². The van der Waals surface area contributed by atoms with E-state index in [2.05, 4.69) is 4.98 Å². The number of non-ortho nitro benzene ring substituents is 1. The molecule has 0 bridgehead atoms. The number of nitrogens with zero attached hydrogens (tertiary/aromatic N) is 2. The van der Waals surface area contributed by atoms with Crippen LogP contribution >= 0.6 is 11.6 Å². The molecule has 0 spiro atoms. The smallest absolute Gasteiger partial charge is 0.347 e. The Kier molecular flexibility index (Phi) is 4.28. The topological polar surface area (TPSA) is 105 Å². The van der Waals surface area contributed by atoms with Gasteiger partial charge in [-0.05, 0) is 6.07 Å². The van der Waals surface area contributed by atoms with Crippen molar-refractivity contribution in [2.24, 2.45) is 0 Å². The Morgan fingerprint density at radius 3 is 2.48 bits per heavy atom. The van der Waals surface area contributed by atoms with Crippen molar-refractivity contribution in [3.8, 4) is 23.0 Å². The molecule has 25 heavy (non-hydrogen) atoms. The van der Waals surface area contributed by atoms with E-state index in [9.17, 15) is 14.9 Å². The summed E-state index contributed by atoms with van der Waals surface area (Å²) in [6.07, 6.45) is 0. The number of hydrogen-bond acceptors (Lipinski definition) is 7. The lowest BCUT2D eigenvalue weighted by Gasteiger charge is -2.09. The van der Waals surface area contributed by atoms with Gasteiger partial charge in [0.05, 0.1) is 40.6 Å². The number of halogens is 1. The molecule has 0 aliphatic heterocycles. The summed E-state index contributed by atoms with van der Waals surface area (Å²) >= 11 is 6.08. The highest BCUT2D eigenvalue weighted by Crippen LogP contribution is 2.33. The van der Waals surface area contributed by atoms with E-state index in [0.717, 1.165) is 0 Å². The molecule has 1 heterocycles. The van der Waals surface area contributed by atoms with E-state index in [1.165, 1.54) is 44.6 Å². The standard InChI is InChI=1S/C16H11ClN2O6/c1-23-13-6-10-12(7-14(13)24-2)18-15(25-16(10)20)9-5-8(19(21)22)3-4-11(9)17/h3-7H,1-2H3. The lowest BCUT2D eigenvalue weighted by Crippen LogP contribution is -2.04. The van der Waals surface area contributed by atoms with Gasteiger partial charge in [0, 0.05) is 24.3 Å². The Morgan fingerprint density at radius 1 is 1.16 bits per heavy atom. The molecule has 0 N–H and O–H groups in total. The molecule has 0 unspecified atom stereocenters. The third-order valence-electron chi connectivity index (χ3n) is 3.52. The second-order valence-electron chi connectivity index (χ2n) is 4.95. The van der Waals surface area contributed by atoms with E-state index in [4.69, 9.17) is 25.5 Å². The molecule has 0 radical (unpaired) electrons. The van der Waals surface area contributed by atoms with Gasteiger partial charge in [-0.3, -0.25) is 10.1 Å². The van der Waals surface area contributed by atoms with Gasteiger partial charge in [-0.1, -0.05) is 11.6 Å². The predicted molar refractivity (Wildman–Crippen MR) is 90.5 cm³/mol. The molecule has 0 saturated heterocycles. The number of benzene rings is 2. The van der Waals surface area contributed by atoms with Crippen molar-refractivity contribution in [1.82, 2.24) is 4.98 Å². The van der Waals surface area contributed by atoms with Gasteiger partial charge < -0.3 is 13.9 Å². The normalized spacial score (nSPS) is 10.7. The molecule has 3 rings (SSSR count). The first-order valence-corrected chi connectivity index (χ1v) is 7.33. The van der Waals surface area contributed by atoms with E-state index in [0.29, 0.717) is 11.5 Å². The van der Waals surface area contributed by atoms with Crippen molar-refractivity contribution in [3.63, 3.8) is 0 Å². The van der Waals surface area contributed by atoms with Crippen molar-refractivity contribution >= 4 is 28.2 Å². The highest BCUT2D eigenvalue weighted by Gasteiger charge is 2.17. The molecule has 3 aromatic rings. The first-order chi connectivity index (χ1) is 11.9. The van der Waals surface area contributed by atoms with Gasteiger partial charge in [0.15, 0.2) is 11.5 Å². The number of rotatable bonds is 4. The van der Waals surface area contributed by atoms with E-state index in [1.54, 1.807) is 0 Å². The number of nitro groups is 1. The predicted octanol–water partition coefficient (Wildman–Crippen LogP) is 3.43. The second kappa shape index (κ2) is 6.40. The second-order valence-corrected chi connectivity index (χ2v) is 5.36. The van der Waals surface area contributed by atoms with Gasteiger partial charge in [0.2, 0.25) is 5.89 Å². The van der Waals surface area contributed by atoms with Crippen LogP contribution in [-0.4, -0.2) is 24.1 Å². The highest BCUT2D eigenvalue weighted by atomic mass is 35.5. The van der Waals surface area contributed by atoms with Crippen LogP contribution in [0, 0.1) is 10.1 Å². The fraction of sp³-hybridized carbons (Fsp3) is 0.125. The summed E-state index contributed by atoms with van der Waals surface area (Å²) in [7, 11) is 2.89. The van der Waals surface area contributed by atoms with Crippen molar-refractivity contribution in [2.45, 2.75) is 0 Å². The largest absolute Gasteiger partial charge is 0.493 e. The Morgan fingerprint density at radius 2 is 1.84 bits per heavy atom. The molecule has 1 aromatic heterocycles. The van der Waals surface area contributed by atoms with E-state index in [-0.39, 0.29) is 33.1 Å². The molecule has 8 nitrogen and oxygen atoms in total. The number of aromatic nitrogens is 1. The summed E-state index contributed by atoms with van der Waals surface area (Å²) in [6, 6.07) is 6.75. The number of nitro benzene ring substituents is 1. The summed E-state index contributed by atoms with van der Waals surface area (Å²) < 4.78 is 15.5. The maximum absolute atomic E-state index is 12.3. The Balaban J connectivity index is 2.27. The van der Waals surface area contributed by atoms with Crippen LogP contribution in [0.2, 0.25) is 5.02 Å². The maximum atomic E-state index is 12.3. The number of hydrogen-bond donors (Lipinski definition) is 0. The van der Waals surface area contributed by atoms with Gasteiger partial charge in [-0.25, -0.2) is 9.78 Å². The van der Waals surface area contributed by atoms with Crippen molar-refractivity contribution in [3.05, 3.63) is 55.9 Å². The van der Waals surface area contributed by atoms with Gasteiger partial charge in [0.25, 0.3) is 5.69 Å². The minimum Gasteiger partial charge on any atom is -0.493 e. The van der Waals surface area contributed by atoms with E-state index < -0.39 is 10.5 Å². The average Bonchev–Trinajstić information content (AvgIpc) is 2.60. The van der Waals surface area contributed by atoms with Crippen molar-refractivity contribution in [2.75, 3.05) is 14.2 Å². The summed E-state index contributed by atoms with van der Waals surface area (Å²) in [5, 5.41) is 11.3. The first-order valence-electron chi connectivity index (χ1n) is 6.95. The van der Waals surface area contributed by atoms with Gasteiger partial charge >= 0.3 is 5.63 Å². The summed E-state index contributed by atoms with van der Waals surface area (Å²) in [5.41, 5.74) is -0.448. The zero-order valence-electron chi connectivity index (χ0n) is 13.1. The molecule has 0 aliphatic rings. The van der Waals surface area contributed by atoms with Gasteiger partial charge in [0.1, 0.15) is 0 Å². The first kappa shape index (κ1) is 16.7. The van der Waals surface area contributed by atoms with Crippen LogP contribution in [0.1, 0.15) is 0 Å². The summed E-state index contributed by atoms with van der Waals surface area (Å²) in [6.45, 7) is 0. The number of ether oxygens (including phenoxy) is 2. The number of fused-ring (bicyclic) bond motifs is 1. The van der Waals surface area contributed by atoms with E-state index >= 15 is 0 Å². The van der Waals surface area contributed by atoms with Crippen LogP contribution < -0.4 is 15.1 Å². The van der Waals surface area contributed by atoms with Gasteiger partial charge in [-0.2, -0.15) is 0 Å². The van der Waals surface area contributed by atoms with Crippen LogP contribution in [0.4, 0.5) is 5.69 Å². The average molecular weight is 363 g/mol.